The number of rotatable bonds is 7. The average molecular weight is 481 g/mol. The zero-order valence-electron chi connectivity index (χ0n) is 19.8. The van der Waals surface area contributed by atoms with E-state index in [1.807, 2.05) is 72.8 Å². The fourth-order valence-electron chi connectivity index (χ4n) is 4.36. The van der Waals surface area contributed by atoms with Crippen molar-refractivity contribution in [3.63, 3.8) is 0 Å². The lowest BCUT2D eigenvalue weighted by Gasteiger charge is -2.26. The normalized spacial score (nSPS) is 14.4. The van der Waals surface area contributed by atoms with E-state index in [9.17, 15) is 5.26 Å². The third-order valence-corrected chi connectivity index (χ3v) is 6.06. The quantitative estimate of drug-likeness (QED) is 0.387. The Labute approximate surface area is 208 Å². The number of allylic oxidation sites excluding steroid dienone is 1. The molecule has 0 spiro atoms. The summed E-state index contributed by atoms with van der Waals surface area (Å²) in [6, 6.07) is 25.2. The van der Waals surface area contributed by atoms with Crippen LogP contribution in [0.4, 0.5) is 0 Å². The van der Waals surface area contributed by atoms with Gasteiger partial charge in [-0.2, -0.15) is 5.26 Å². The second kappa shape index (κ2) is 9.76. The van der Waals surface area contributed by atoms with E-state index in [0.717, 1.165) is 11.1 Å². The van der Waals surface area contributed by atoms with E-state index >= 15 is 0 Å². The fourth-order valence-corrected chi connectivity index (χ4v) is 4.36. The summed E-state index contributed by atoms with van der Waals surface area (Å²) in [5.41, 5.74) is 10.3. The molecule has 4 aromatic rings. The molecule has 1 atom stereocenters. The number of H-pyrrole nitrogens is 1. The number of aromatic amines is 1. The summed E-state index contributed by atoms with van der Waals surface area (Å²) in [5, 5.41) is 17.6. The molecule has 0 fully saturated rings. The zero-order valence-corrected chi connectivity index (χ0v) is 19.8. The van der Waals surface area contributed by atoms with Crippen molar-refractivity contribution in [2.75, 3.05) is 14.2 Å². The third kappa shape index (κ3) is 4.07. The smallest absolute Gasteiger partial charge is 0.244 e. The largest absolute Gasteiger partial charge is 0.497 e. The number of nitriles is 1. The predicted octanol–water partition coefficient (Wildman–Crippen LogP) is 4.89. The molecule has 2 heterocycles. The first-order valence-corrected chi connectivity index (χ1v) is 11.3. The van der Waals surface area contributed by atoms with Crippen LogP contribution in [-0.2, 0) is 6.61 Å². The maximum atomic E-state index is 10.1. The lowest BCUT2D eigenvalue weighted by Crippen LogP contribution is -2.21. The van der Waals surface area contributed by atoms with Crippen molar-refractivity contribution in [3.8, 4) is 40.5 Å². The van der Waals surface area contributed by atoms with Crippen molar-refractivity contribution < 1.29 is 18.9 Å². The first-order valence-electron chi connectivity index (χ1n) is 11.3. The highest BCUT2D eigenvalue weighted by molar-refractivity contribution is 5.73. The molecular weight excluding hydrogens is 456 g/mol. The molecule has 180 valence electrons. The first kappa shape index (κ1) is 22.9. The number of fused-ring (bicyclic) bond motifs is 1. The van der Waals surface area contributed by atoms with Gasteiger partial charge in [-0.25, -0.2) is 0 Å². The molecule has 3 aromatic carbocycles. The molecule has 1 unspecified atom stereocenters. The highest BCUT2D eigenvalue weighted by Gasteiger charge is 2.38. The number of hydrogen-bond donors (Lipinski definition) is 2. The van der Waals surface area contributed by atoms with Gasteiger partial charge in [0.1, 0.15) is 24.0 Å². The molecule has 1 aromatic heterocycles. The van der Waals surface area contributed by atoms with E-state index in [4.69, 9.17) is 24.7 Å². The van der Waals surface area contributed by atoms with Crippen LogP contribution in [0.25, 0.3) is 11.3 Å². The summed E-state index contributed by atoms with van der Waals surface area (Å²) in [5.74, 6) is 1.42. The Morgan fingerprint density at radius 2 is 1.83 bits per heavy atom. The highest BCUT2D eigenvalue weighted by atomic mass is 16.5. The summed E-state index contributed by atoms with van der Waals surface area (Å²) < 4.78 is 23.1. The molecule has 36 heavy (non-hydrogen) atoms. The van der Waals surface area contributed by atoms with Gasteiger partial charge in [0.2, 0.25) is 11.8 Å². The number of nitrogens with two attached hydrogens (primary N) is 1. The second-order valence-corrected chi connectivity index (χ2v) is 8.13. The standard InChI is InChI=1S/C28H24N4O4/c1-33-19-11-6-10-18(14-19)25-24-23(21(15-29)27(30)36-28(24)32-31-25)20-12-7-13-22(34-2)26(20)35-16-17-8-4-3-5-9-17/h3-14,23H,16,30H2,1-2H3,(H,31,32). The minimum atomic E-state index is -0.612. The number of aromatic nitrogens is 2. The van der Waals surface area contributed by atoms with Crippen molar-refractivity contribution in [1.82, 2.24) is 10.2 Å². The van der Waals surface area contributed by atoms with Gasteiger partial charge in [0.05, 0.1) is 31.4 Å². The molecule has 8 heteroatoms. The zero-order chi connectivity index (χ0) is 25.1. The van der Waals surface area contributed by atoms with Gasteiger partial charge in [-0.15, -0.1) is 5.10 Å². The third-order valence-electron chi connectivity index (χ3n) is 6.06. The van der Waals surface area contributed by atoms with Gasteiger partial charge in [-0.1, -0.05) is 54.6 Å². The van der Waals surface area contributed by atoms with Gasteiger partial charge in [0.25, 0.3) is 0 Å². The number of methoxy groups -OCH3 is 2. The van der Waals surface area contributed by atoms with Crippen molar-refractivity contribution >= 4 is 0 Å². The Bertz CT molecular complexity index is 1470. The van der Waals surface area contributed by atoms with E-state index < -0.39 is 5.92 Å². The molecule has 1 aliphatic rings. The second-order valence-electron chi connectivity index (χ2n) is 8.13. The summed E-state index contributed by atoms with van der Waals surface area (Å²) in [4.78, 5) is 0. The molecule has 0 amide bonds. The molecule has 3 N–H and O–H groups in total. The minimum absolute atomic E-state index is 0.00415. The van der Waals surface area contributed by atoms with Crippen molar-refractivity contribution in [2.45, 2.75) is 12.5 Å². The Balaban J connectivity index is 1.68. The number of ether oxygens (including phenoxy) is 4. The van der Waals surface area contributed by atoms with Crippen LogP contribution in [0, 0.1) is 11.3 Å². The Morgan fingerprint density at radius 1 is 1.03 bits per heavy atom. The van der Waals surface area contributed by atoms with Crippen molar-refractivity contribution in [3.05, 3.63) is 101 Å². The van der Waals surface area contributed by atoms with Gasteiger partial charge >= 0.3 is 0 Å². The monoisotopic (exact) mass is 480 g/mol. The predicted molar refractivity (Wildman–Crippen MR) is 134 cm³/mol. The molecule has 1 aliphatic heterocycles. The molecule has 0 saturated carbocycles. The molecule has 0 radical (unpaired) electrons. The summed E-state index contributed by atoms with van der Waals surface area (Å²) in [7, 11) is 3.19. The Hall–Kier alpha value is -4.90. The highest BCUT2D eigenvalue weighted by Crippen LogP contribution is 2.50. The molecule has 0 aliphatic carbocycles. The van der Waals surface area contributed by atoms with Crippen LogP contribution >= 0.6 is 0 Å². The lowest BCUT2D eigenvalue weighted by molar-refractivity contribution is 0.280. The average Bonchev–Trinajstić information content (AvgIpc) is 3.34. The first-order chi connectivity index (χ1) is 17.6. The van der Waals surface area contributed by atoms with Crippen molar-refractivity contribution in [1.29, 1.82) is 5.26 Å². The van der Waals surface area contributed by atoms with E-state index in [1.165, 1.54) is 0 Å². The summed E-state index contributed by atoms with van der Waals surface area (Å²) >= 11 is 0. The van der Waals surface area contributed by atoms with Crippen LogP contribution in [-0.4, -0.2) is 24.4 Å². The Kier molecular flexibility index (Phi) is 6.20. The maximum absolute atomic E-state index is 10.1. The van der Waals surface area contributed by atoms with Crippen molar-refractivity contribution in [2.24, 2.45) is 5.73 Å². The maximum Gasteiger partial charge on any atom is 0.244 e. The minimum Gasteiger partial charge on any atom is -0.497 e. The van der Waals surface area contributed by atoms with Gasteiger partial charge in [0, 0.05) is 11.1 Å². The van der Waals surface area contributed by atoms with Gasteiger partial charge in [0.15, 0.2) is 11.5 Å². The molecule has 8 nitrogen and oxygen atoms in total. The number of benzene rings is 3. The fraction of sp³-hybridized carbons (Fsp3) is 0.143. The number of nitrogens with one attached hydrogen (secondary N) is 1. The topological polar surface area (TPSA) is 115 Å². The summed E-state index contributed by atoms with van der Waals surface area (Å²) in [6.07, 6.45) is 0. The lowest BCUT2D eigenvalue weighted by atomic mass is 9.82. The van der Waals surface area contributed by atoms with Gasteiger partial charge in [-0.05, 0) is 23.8 Å². The Morgan fingerprint density at radius 3 is 2.58 bits per heavy atom. The van der Waals surface area contributed by atoms with Crippen LogP contribution in [0.3, 0.4) is 0 Å². The van der Waals surface area contributed by atoms with E-state index in [1.54, 1.807) is 14.2 Å². The van der Waals surface area contributed by atoms with Crippen LogP contribution in [0.5, 0.6) is 23.1 Å². The van der Waals surface area contributed by atoms with Crippen LogP contribution in [0.1, 0.15) is 22.6 Å². The van der Waals surface area contributed by atoms with E-state index in [-0.39, 0.29) is 11.5 Å². The SMILES string of the molecule is COc1cccc(-c2[nH]nc3c2C(c2cccc(OC)c2OCc2ccccc2)C(C#N)=C(N)O3)c1. The summed E-state index contributed by atoms with van der Waals surface area (Å²) in [6.45, 7) is 0.319. The number of hydrogen-bond acceptors (Lipinski definition) is 7. The van der Waals surface area contributed by atoms with Gasteiger partial charge < -0.3 is 24.7 Å². The number of para-hydroxylation sites is 1. The molecular formula is C28H24N4O4. The van der Waals surface area contributed by atoms with E-state index in [0.29, 0.717) is 46.6 Å². The van der Waals surface area contributed by atoms with Gasteiger partial charge in [-0.3, -0.25) is 5.10 Å². The van der Waals surface area contributed by atoms with E-state index in [2.05, 4.69) is 16.3 Å². The van der Waals surface area contributed by atoms with Crippen LogP contribution < -0.4 is 24.7 Å². The molecule has 0 bridgehead atoms. The number of nitrogens with zero attached hydrogens (tertiary/aromatic N) is 2. The van der Waals surface area contributed by atoms with Crippen LogP contribution in [0.15, 0.2) is 84.3 Å². The van der Waals surface area contributed by atoms with Crippen LogP contribution in [0.2, 0.25) is 0 Å². The molecule has 0 saturated heterocycles. The molecule has 5 rings (SSSR count).